The Balaban J connectivity index is 2.27. The Kier molecular flexibility index (Phi) is 5.47. The maximum absolute atomic E-state index is 6.06. The summed E-state index contributed by atoms with van der Waals surface area (Å²) in [6, 6.07) is 5.86. The highest BCUT2D eigenvalue weighted by atomic mass is 35.5. The first-order valence-electron chi connectivity index (χ1n) is 6.33. The number of anilines is 2. The molecule has 0 fully saturated rings. The van der Waals surface area contributed by atoms with E-state index in [4.69, 9.17) is 32.7 Å². The van der Waals surface area contributed by atoms with Crippen LogP contribution in [0.5, 0.6) is 11.8 Å². The van der Waals surface area contributed by atoms with Gasteiger partial charge < -0.3 is 14.8 Å². The van der Waals surface area contributed by atoms with Crippen molar-refractivity contribution in [3.8, 4) is 11.8 Å². The SMILES string of the molecule is CCOc1ccc(Nc2nc(OC)ncc2Cl)cc1CCl. The summed E-state index contributed by atoms with van der Waals surface area (Å²) in [5, 5.41) is 3.51. The zero-order valence-electron chi connectivity index (χ0n) is 11.7. The molecule has 1 N–H and O–H groups in total. The molecule has 0 unspecified atom stereocenters. The first-order chi connectivity index (χ1) is 10.2. The van der Waals surface area contributed by atoms with Crippen LogP contribution in [0.1, 0.15) is 12.5 Å². The molecule has 0 radical (unpaired) electrons. The molecule has 1 heterocycles. The van der Waals surface area contributed by atoms with Crippen molar-refractivity contribution < 1.29 is 9.47 Å². The summed E-state index contributed by atoms with van der Waals surface area (Å²) in [4.78, 5) is 8.08. The zero-order valence-corrected chi connectivity index (χ0v) is 13.2. The number of alkyl halides is 1. The Bertz CT molecular complexity index is 623. The zero-order chi connectivity index (χ0) is 15.2. The van der Waals surface area contributed by atoms with Crippen LogP contribution in [-0.2, 0) is 5.88 Å². The highest BCUT2D eigenvalue weighted by molar-refractivity contribution is 6.32. The summed E-state index contributed by atoms with van der Waals surface area (Å²) in [5.41, 5.74) is 1.69. The molecule has 0 saturated carbocycles. The van der Waals surface area contributed by atoms with Crippen molar-refractivity contribution in [1.29, 1.82) is 0 Å². The second kappa shape index (κ2) is 7.33. The molecular formula is C14H15Cl2N3O2. The van der Waals surface area contributed by atoms with Gasteiger partial charge in [0.15, 0.2) is 5.82 Å². The van der Waals surface area contributed by atoms with Crippen molar-refractivity contribution in [2.24, 2.45) is 0 Å². The van der Waals surface area contributed by atoms with Crippen molar-refractivity contribution in [3.63, 3.8) is 0 Å². The maximum Gasteiger partial charge on any atom is 0.318 e. The van der Waals surface area contributed by atoms with Gasteiger partial charge in [0.05, 0.1) is 25.8 Å². The maximum atomic E-state index is 6.06. The Hall–Kier alpha value is -1.72. The lowest BCUT2D eigenvalue weighted by Gasteiger charge is -2.12. The van der Waals surface area contributed by atoms with E-state index >= 15 is 0 Å². The quantitative estimate of drug-likeness (QED) is 0.812. The number of ether oxygens (including phenoxy) is 2. The van der Waals surface area contributed by atoms with Crippen LogP contribution in [0, 0.1) is 0 Å². The average Bonchev–Trinajstić information content (AvgIpc) is 2.51. The third-order valence-corrected chi connectivity index (χ3v) is 3.24. The van der Waals surface area contributed by atoms with E-state index in [1.165, 1.54) is 13.3 Å². The Labute approximate surface area is 133 Å². The first-order valence-corrected chi connectivity index (χ1v) is 7.24. The molecule has 0 saturated heterocycles. The molecule has 0 spiro atoms. The normalized spacial score (nSPS) is 10.3. The van der Waals surface area contributed by atoms with Crippen LogP contribution in [0.25, 0.3) is 0 Å². The molecule has 1 aromatic carbocycles. The van der Waals surface area contributed by atoms with E-state index in [2.05, 4.69) is 15.3 Å². The number of halogens is 2. The molecule has 0 amide bonds. The number of rotatable bonds is 6. The number of methoxy groups -OCH3 is 1. The van der Waals surface area contributed by atoms with E-state index < -0.39 is 0 Å². The lowest BCUT2D eigenvalue weighted by atomic mass is 10.2. The van der Waals surface area contributed by atoms with Crippen LogP contribution >= 0.6 is 23.2 Å². The fourth-order valence-electron chi connectivity index (χ4n) is 1.73. The highest BCUT2D eigenvalue weighted by Crippen LogP contribution is 2.28. The lowest BCUT2D eigenvalue weighted by Crippen LogP contribution is -2.00. The van der Waals surface area contributed by atoms with Gasteiger partial charge in [-0.3, -0.25) is 0 Å². The number of benzene rings is 1. The standard InChI is InChI=1S/C14H15Cl2N3O2/c1-3-21-12-5-4-10(6-9(12)7-15)18-13-11(16)8-17-14(19-13)20-2/h4-6,8H,3,7H2,1-2H3,(H,17,18,19). The Morgan fingerprint density at radius 1 is 1.33 bits per heavy atom. The summed E-state index contributed by atoms with van der Waals surface area (Å²) >= 11 is 12.0. The van der Waals surface area contributed by atoms with Gasteiger partial charge in [0.1, 0.15) is 10.8 Å². The van der Waals surface area contributed by atoms with E-state index in [9.17, 15) is 0 Å². The molecule has 0 aliphatic carbocycles. The second-order valence-electron chi connectivity index (χ2n) is 4.07. The van der Waals surface area contributed by atoms with Gasteiger partial charge in [0.2, 0.25) is 0 Å². The van der Waals surface area contributed by atoms with E-state index in [1.54, 1.807) is 0 Å². The minimum absolute atomic E-state index is 0.241. The summed E-state index contributed by atoms with van der Waals surface area (Å²) in [6.45, 7) is 2.52. The molecule has 1 aromatic heterocycles. The van der Waals surface area contributed by atoms with Crippen LogP contribution < -0.4 is 14.8 Å². The predicted molar refractivity (Wildman–Crippen MR) is 84.0 cm³/mol. The number of aromatic nitrogens is 2. The molecule has 2 rings (SSSR count). The molecule has 0 aliphatic heterocycles. The van der Waals surface area contributed by atoms with Crippen molar-refractivity contribution in [2.75, 3.05) is 19.0 Å². The van der Waals surface area contributed by atoms with E-state index in [0.29, 0.717) is 23.3 Å². The highest BCUT2D eigenvalue weighted by Gasteiger charge is 2.08. The van der Waals surface area contributed by atoms with Gasteiger partial charge in [0.25, 0.3) is 0 Å². The van der Waals surface area contributed by atoms with Gasteiger partial charge in [-0.15, -0.1) is 11.6 Å². The topological polar surface area (TPSA) is 56.3 Å². The van der Waals surface area contributed by atoms with Crippen LogP contribution in [0.4, 0.5) is 11.5 Å². The molecule has 0 bridgehead atoms. The first kappa shape index (κ1) is 15.7. The van der Waals surface area contributed by atoms with Gasteiger partial charge in [0, 0.05) is 11.3 Å². The monoisotopic (exact) mass is 327 g/mol. The fourth-order valence-corrected chi connectivity index (χ4v) is 2.08. The van der Waals surface area contributed by atoms with Crippen molar-refractivity contribution in [3.05, 3.63) is 35.0 Å². The number of hydrogen-bond donors (Lipinski definition) is 1. The second-order valence-corrected chi connectivity index (χ2v) is 4.74. The third-order valence-electron chi connectivity index (χ3n) is 2.67. The van der Waals surface area contributed by atoms with Gasteiger partial charge in [-0.2, -0.15) is 4.98 Å². The molecule has 112 valence electrons. The van der Waals surface area contributed by atoms with Gasteiger partial charge in [-0.1, -0.05) is 11.6 Å². The van der Waals surface area contributed by atoms with Gasteiger partial charge in [-0.25, -0.2) is 4.98 Å². The Morgan fingerprint density at radius 2 is 2.14 bits per heavy atom. The van der Waals surface area contributed by atoms with Crippen LogP contribution in [0.3, 0.4) is 0 Å². The molecule has 2 aromatic rings. The van der Waals surface area contributed by atoms with E-state index in [-0.39, 0.29) is 6.01 Å². The fraction of sp³-hybridized carbons (Fsp3) is 0.286. The van der Waals surface area contributed by atoms with Crippen molar-refractivity contribution in [1.82, 2.24) is 9.97 Å². The van der Waals surface area contributed by atoms with Crippen LogP contribution in [-0.4, -0.2) is 23.7 Å². The average molecular weight is 328 g/mol. The number of nitrogens with zero attached hydrogens (tertiary/aromatic N) is 2. The minimum Gasteiger partial charge on any atom is -0.494 e. The molecule has 21 heavy (non-hydrogen) atoms. The Morgan fingerprint density at radius 3 is 2.81 bits per heavy atom. The van der Waals surface area contributed by atoms with E-state index in [0.717, 1.165) is 17.0 Å². The lowest BCUT2D eigenvalue weighted by molar-refractivity contribution is 0.337. The van der Waals surface area contributed by atoms with Gasteiger partial charge >= 0.3 is 6.01 Å². The van der Waals surface area contributed by atoms with Gasteiger partial charge in [-0.05, 0) is 25.1 Å². The summed E-state index contributed by atoms with van der Waals surface area (Å²) in [6.07, 6.45) is 1.48. The van der Waals surface area contributed by atoms with Crippen LogP contribution in [0.2, 0.25) is 5.02 Å². The molecular weight excluding hydrogens is 313 g/mol. The van der Waals surface area contributed by atoms with Crippen molar-refractivity contribution >= 4 is 34.7 Å². The molecule has 7 heteroatoms. The van der Waals surface area contributed by atoms with Crippen LogP contribution in [0.15, 0.2) is 24.4 Å². The summed E-state index contributed by atoms with van der Waals surface area (Å²) in [7, 11) is 1.50. The van der Waals surface area contributed by atoms with Crippen molar-refractivity contribution in [2.45, 2.75) is 12.8 Å². The summed E-state index contributed by atoms with van der Waals surface area (Å²) < 4.78 is 10.5. The number of hydrogen-bond acceptors (Lipinski definition) is 5. The van der Waals surface area contributed by atoms with E-state index in [1.807, 2.05) is 25.1 Å². The smallest absolute Gasteiger partial charge is 0.318 e. The third kappa shape index (κ3) is 3.89. The predicted octanol–water partition coefficient (Wildman–Crippen LogP) is 4.02. The largest absolute Gasteiger partial charge is 0.494 e. The molecule has 5 nitrogen and oxygen atoms in total. The minimum atomic E-state index is 0.241. The number of nitrogens with one attached hydrogen (secondary N) is 1. The molecule has 0 atom stereocenters. The molecule has 0 aliphatic rings. The summed E-state index contributed by atoms with van der Waals surface area (Å²) in [5.74, 6) is 1.59.